The van der Waals surface area contributed by atoms with E-state index >= 15 is 0 Å². The van der Waals surface area contributed by atoms with Crippen LogP contribution in [-0.2, 0) is 0 Å². The molecule has 0 aliphatic heterocycles. The Bertz CT molecular complexity index is 181. The zero-order chi connectivity index (χ0) is 6.53. The molecule has 0 unspecified atom stereocenters. The molecule has 0 bridgehead atoms. The van der Waals surface area contributed by atoms with Gasteiger partial charge >= 0.3 is 0 Å². The summed E-state index contributed by atoms with van der Waals surface area (Å²) in [7, 11) is 0. The Hall–Kier alpha value is -1.32. The van der Waals surface area contributed by atoms with Crippen LogP contribution in [0.15, 0.2) is 22.0 Å². The Morgan fingerprint density at radius 3 is 3.33 bits per heavy atom. The quantitative estimate of drug-likeness (QED) is 0.436. The highest BCUT2D eigenvalue weighted by atomic mass is 16.7. The normalized spacial score (nSPS) is 10.3. The molecule has 0 saturated carbocycles. The van der Waals surface area contributed by atoms with Gasteiger partial charge in [-0.1, -0.05) is 5.16 Å². The highest BCUT2D eigenvalue weighted by Gasteiger charge is 1.91. The molecule has 0 aliphatic carbocycles. The van der Waals surface area contributed by atoms with Crippen LogP contribution >= 0.6 is 0 Å². The van der Waals surface area contributed by atoms with Crippen molar-refractivity contribution in [3.8, 4) is 5.88 Å². The highest BCUT2D eigenvalue weighted by Crippen LogP contribution is 2.03. The van der Waals surface area contributed by atoms with Gasteiger partial charge in [0.2, 0.25) is 0 Å². The summed E-state index contributed by atoms with van der Waals surface area (Å²) in [4.78, 5) is 4.60. The molecule has 0 amide bonds. The van der Waals surface area contributed by atoms with E-state index in [9.17, 15) is 0 Å². The van der Waals surface area contributed by atoms with Crippen LogP contribution in [0.4, 0.5) is 0 Å². The van der Waals surface area contributed by atoms with Crippen molar-refractivity contribution >= 4 is 6.21 Å². The number of aromatic nitrogens is 1. The second kappa shape index (κ2) is 2.86. The molecular formula is C5H5N2O2. The average Bonchev–Trinajstić information content (AvgIpc) is 2.34. The fourth-order valence-corrected chi connectivity index (χ4v) is 0.341. The minimum atomic E-state index is 0.337. The summed E-state index contributed by atoms with van der Waals surface area (Å²) in [6.07, 6.45) is 3.83. The van der Waals surface area contributed by atoms with E-state index in [1.807, 2.05) is 0 Å². The minimum Gasteiger partial charge on any atom is -0.361 e. The maximum absolute atomic E-state index is 4.60. The van der Waals surface area contributed by atoms with Gasteiger partial charge < -0.3 is 9.36 Å². The predicted octanol–water partition coefficient (Wildman–Crippen LogP) is 0.936. The first-order valence-electron chi connectivity index (χ1n) is 2.37. The zero-order valence-corrected chi connectivity index (χ0v) is 4.87. The van der Waals surface area contributed by atoms with Crippen LogP contribution in [0.5, 0.6) is 5.88 Å². The van der Waals surface area contributed by atoms with Gasteiger partial charge in [0.25, 0.3) is 5.88 Å². The van der Waals surface area contributed by atoms with Crippen molar-refractivity contribution in [1.82, 2.24) is 5.16 Å². The Balaban J connectivity index is 2.48. The number of hydrogen-bond donors (Lipinski definition) is 0. The number of rotatable bonds is 2. The van der Waals surface area contributed by atoms with Crippen molar-refractivity contribution in [3.63, 3.8) is 0 Å². The van der Waals surface area contributed by atoms with E-state index in [2.05, 4.69) is 25.9 Å². The van der Waals surface area contributed by atoms with E-state index in [1.165, 1.54) is 6.26 Å². The number of nitrogens with zero attached hydrogens (tertiary/aromatic N) is 2. The monoisotopic (exact) mass is 125 g/mol. The average molecular weight is 125 g/mol. The first-order valence-corrected chi connectivity index (χ1v) is 2.37. The zero-order valence-electron chi connectivity index (χ0n) is 4.87. The van der Waals surface area contributed by atoms with Crippen molar-refractivity contribution in [1.29, 1.82) is 0 Å². The second-order valence-corrected chi connectivity index (χ2v) is 1.24. The number of hydrogen-bond acceptors (Lipinski definition) is 4. The van der Waals surface area contributed by atoms with Crippen LogP contribution in [0.3, 0.4) is 0 Å². The van der Waals surface area contributed by atoms with Crippen LogP contribution in [0.25, 0.3) is 0 Å². The van der Waals surface area contributed by atoms with Crippen LogP contribution in [0.1, 0.15) is 6.92 Å². The lowest BCUT2D eigenvalue weighted by Gasteiger charge is -1.84. The molecule has 4 nitrogen and oxygen atoms in total. The Labute approximate surface area is 52.1 Å². The molecule has 1 aromatic heterocycles. The van der Waals surface area contributed by atoms with E-state index < -0.39 is 0 Å². The van der Waals surface area contributed by atoms with Crippen LogP contribution < -0.4 is 4.84 Å². The maximum Gasteiger partial charge on any atom is 0.287 e. The van der Waals surface area contributed by atoms with Crippen LogP contribution in [0, 0.1) is 0 Å². The van der Waals surface area contributed by atoms with E-state index in [1.54, 1.807) is 13.0 Å². The molecule has 0 aliphatic rings. The summed E-state index contributed by atoms with van der Waals surface area (Å²) in [6, 6.07) is 1.56. The predicted molar refractivity (Wildman–Crippen MR) is 30.2 cm³/mol. The van der Waals surface area contributed by atoms with Gasteiger partial charge in [-0.25, -0.2) is 0 Å². The fraction of sp³-hybridized carbons (Fsp3) is 0.200. The maximum atomic E-state index is 4.60. The van der Waals surface area contributed by atoms with Crippen molar-refractivity contribution in [2.45, 2.75) is 6.92 Å². The Morgan fingerprint density at radius 2 is 2.78 bits per heavy atom. The van der Waals surface area contributed by atoms with Gasteiger partial charge in [0.15, 0.2) is 0 Å². The summed E-state index contributed by atoms with van der Waals surface area (Å²) >= 11 is 0. The van der Waals surface area contributed by atoms with Crippen molar-refractivity contribution in [3.05, 3.63) is 12.3 Å². The second-order valence-electron chi connectivity index (χ2n) is 1.24. The summed E-state index contributed by atoms with van der Waals surface area (Å²) in [5.74, 6) is 0.337. The van der Waals surface area contributed by atoms with Gasteiger partial charge in [0, 0.05) is 6.07 Å². The molecule has 0 spiro atoms. The molecule has 0 N–H and O–H groups in total. The van der Waals surface area contributed by atoms with Gasteiger partial charge in [0.05, 0.1) is 0 Å². The lowest BCUT2D eigenvalue weighted by atomic mass is 10.7. The van der Waals surface area contributed by atoms with E-state index in [0.29, 0.717) is 5.88 Å². The summed E-state index contributed by atoms with van der Waals surface area (Å²) in [5, 5.41) is 6.76. The van der Waals surface area contributed by atoms with Crippen LogP contribution in [0.2, 0.25) is 0 Å². The largest absolute Gasteiger partial charge is 0.361 e. The van der Waals surface area contributed by atoms with Gasteiger partial charge in [-0.15, -0.1) is 0 Å². The Kier molecular flexibility index (Phi) is 1.85. The van der Waals surface area contributed by atoms with Crippen molar-refractivity contribution in [2.75, 3.05) is 0 Å². The van der Waals surface area contributed by atoms with Crippen molar-refractivity contribution in [2.24, 2.45) is 5.16 Å². The third-order valence-electron chi connectivity index (χ3n) is 0.645. The molecule has 0 fully saturated rings. The molecule has 1 radical (unpaired) electrons. The minimum absolute atomic E-state index is 0.337. The smallest absolute Gasteiger partial charge is 0.287 e. The topological polar surface area (TPSA) is 47.6 Å². The SMILES string of the molecule is C[C]=NOc1ccon1. The van der Waals surface area contributed by atoms with E-state index in [-0.39, 0.29) is 0 Å². The third kappa shape index (κ3) is 1.56. The first kappa shape index (κ1) is 5.81. The lowest BCUT2D eigenvalue weighted by Crippen LogP contribution is -1.80. The van der Waals surface area contributed by atoms with E-state index in [4.69, 9.17) is 0 Å². The molecule has 1 heterocycles. The lowest BCUT2D eigenvalue weighted by molar-refractivity contribution is 0.296. The molecule has 4 heteroatoms. The molecule has 0 atom stereocenters. The molecule has 0 saturated heterocycles. The fourth-order valence-electron chi connectivity index (χ4n) is 0.341. The van der Waals surface area contributed by atoms with Gasteiger partial charge in [0.1, 0.15) is 12.5 Å². The first-order chi connectivity index (χ1) is 4.43. The Morgan fingerprint density at radius 1 is 1.89 bits per heavy atom. The molecule has 47 valence electrons. The molecular weight excluding hydrogens is 120 g/mol. The summed E-state index contributed by atoms with van der Waals surface area (Å²) < 4.78 is 4.45. The highest BCUT2D eigenvalue weighted by molar-refractivity contribution is 5.52. The molecule has 1 rings (SSSR count). The van der Waals surface area contributed by atoms with Gasteiger partial charge in [-0.2, -0.15) is 0 Å². The summed E-state index contributed by atoms with van der Waals surface area (Å²) in [6.45, 7) is 1.63. The molecule has 1 aromatic rings. The van der Waals surface area contributed by atoms with E-state index in [0.717, 1.165) is 0 Å². The molecule has 9 heavy (non-hydrogen) atoms. The van der Waals surface area contributed by atoms with Gasteiger partial charge in [-0.3, -0.25) is 0 Å². The van der Waals surface area contributed by atoms with Crippen LogP contribution in [-0.4, -0.2) is 11.4 Å². The standard InChI is InChI=1S/C5H5N2O2/c1-2-6-9-5-3-4-8-7-5/h3-4H,1H3. The molecule has 0 aromatic carbocycles. The summed E-state index contributed by atoms with van der Waals surface area (Å²) in [5.41, 5.74) is 0. The van der Waals surface area contributed by atoms with Crippen molar-refractivity contribution < 1.29 is 9.36 Å². The third-order valence-corrected chi connectivity index (χ3v) is 0.645. The van der Waals surface area contributed by atoms with Gasteiger partial charge in [-0.05, 0) is 12.1 Å².